The summed E-state index contributed by atoms with van der Waals surface area (Å²) in [5.74, 6) is 1.83. The molecule has 4 aromatic rings. The predicted molar refractivity (Wildman–Crippen MR) is 146 cm³/mol. The Morgan fingerprint density at radius 2 is 1.74 bits per heavy atom. The van der Waals surface area contributed by atoms with Crippen LogP contribution in [-0.2, 0) is 6.42 Å². The highest BCUT2D eigenvalue weighted by Crippen LogP contribution is 2.36. The smallest absolute Gasteiger partial charge is 0.336 e. The molecule has 3 aromatic carbocycles. The maximum atomic E-state index is 12.8. The Morgan fingerprint density at radius 3 is 2.50 bits per heavy atom. The Kier molecular flexibility index (Phi) is 7.87. The average Bonchev–Trinajstić information content (AvgIpc) is 3.59. The van der Waals surface area contributed by atoms with Crippen LogP contribution in [0.2, 0.25) is 0 Å². The van der Waals surface area contributed by atoms with E-state index in [-0.39, 0.29) is 18.7 Å². The molecule has 0 spiro atoms. The van der Waals surface area contributed by atoms with E-state index in [9.17, 15) is 4.79 Å². The van der Waals surface area contributed by atoms with Crippen LogP contribution in [0.1, 0.15) is 55.5 Å². The zero-order valence-electron chi connectivity index (χ0n) is 21.8. The highest BCUT2D eigenvalue weighted by molar-refractivity contribution is 6.04. The summed E-state index contributed by atoms with van der Waals surface area (Å²) in [6.45, 7) is 4.76. The van der Waals surface area contributed by atoms with E-state index >= 15 is 0 Å². The number of carbonyl (C=O) groups excluding carboxylic acids is 1. The molecule has 1 amide bonds. The van der Waals surface area contributed by atoms with E-state index in [2.05, 4.69) is 22.3 Å². The van der Waals surface area contributed by atoms with Crippen LogP contribution in [0.25, 0.3) is 17.1 Å². The number of benzene rings is 3. The fraction of sp³-hybridized carbons (Fsp3) is 0.300. The van der Waals surface area contributed by atoms with E-state index in [1.165, 1.54) is 31.2 Å². The number of aryl methyl sites for hydroxylation is 1. The zero-order chi connectivity index (χ0) is 26.3. The van der Waals surface area contributed by atoms with Gasteiger partial charge in [-0.25, -0.2) is 4.68 Å². The standard InChI is InChI=1S/C30H32N4O4/c1-3-5-6-7-8-21-9-11-22(12-10-21)29(35)31-24-14-16-25(17-15-24)34-28(32-30(33-34)36-4-2)23-13-18-26-27(19-23)38-20-37-26/h9-19H,3-8,20H2,1-2H3,(H,31,35). The van der Waals surface area contributed by atoms with E-state index in [0.717, 1.165) is 17.7 Å². The molecule has 0 radical (unpaired) electrons. The lowest BCUT2D eigenvalue weighted by Gasteiger charge is -2.09. The van der Waals surface area contributed by atoms with Crippen molar-refractivity contribution in [3.8, 4) is 34.6 Å². The number of hydrogen-bond acceptors (Lipinski definition) is 6. The van der Waals surface area contributed by atoms with Crippen molar-refractivity contribution in [2.24, 2.45) is 0 Å². The second-order valence-corrected chi connectivity index (χ2v) is 9.14. The second-order valence-electron chi connectivity index (χ2n) is 9.14. The quantitative estimate of drug-likeness (QED) is 0.233. The van der Waals surface area contributed by atoms with Gasteiger partial charge >= 0.3 is 6.01 Å². The first kappa shape index (κ1) is 25.3. The Labute approximate surface area is 222 Å². The minimum atomic E-state index is -0.143. The molecule has 0 bridgehead atoms. The van der Waals surface area contributed by atoms with Crippen LogP contribution in [0.3, 0.4) is 0 Å². The Bertz CT molecular complexity index is 1380. The minimum absolute atomic E-state index is 0.143. The Hall–Kier alpha value is -4.33. The van der Waals surface area contributed by atoms with Gasteiger partial charge in [0.25, 0.3) is 5.91 Å². The summed E-state index contributed by atoms with van der Waals surface area (Å²) in [6, 6.07) is 21.3. The van der Waals surface area contributed by atoms with Crippen LogP contribution in [0.4, 0.5) is 5.69 Å². The summed E-state index contributed by atoms with van der Waals surface area (Å²) in [7, 11) is 0. The second kappa shape index (κ2) is 11.8. The lowest BCUT2D eigenvalue weighted by molar-refractivity contribution is 0.102. The maximum absolute atomic E-state index is 12.8. The zero-order valence-corrected chi connectivity index (χ0v) is 21.8. The molecule has 1 aliphatic rings. The topological polar surface area (TPSA) is 87.5 Å². The normalized spacial score (nSPS) is 11.9. The number of nitrogens with zero attached hydrogens (tertiary/aromatic N) is 3. The number of amides is 1. The van der Waals surface area contributed by atoms with Crippen LogP contribution >= 0.6 is 0 Å². The molecule has 38 heavy (non-hydrogen) atoms. The molecule has 8 heteroatoms. The molecule has 1 N–H and O–H groups in total. The minimum Gasteiger partial charge on any atom is -0.463 e. The van der Waals surface area contributed by atoms with E-state index < -0.39 is 0 Å². The number of anilines is 1. The number of nitrogens with one attached hydrogen (secondary N) is 1. The number of aromatic nitrogens is 3. The first-order valence-electron chi connectivity index (χ1n) is 13.1. The van der Waals surface area contributed by atoms with Gasteiger partial charge in [-0.05, 0) is 79.9 Å². The summed E-state index contributed by atoms with van der Waals surface area (Å²) in [6.07, 6.45) is 5.97. The first-order chi connectivity index (χ1) is 18.6. The molecule has 1 aromatic heterocycles. The molecule has 0 saturated carbocycles. The van der Waals surface area contributed by atoms with Crippen molar-refractivity contribution in [2.45, 2.75) is 46.0 Å². The van der Waals surface area contributed by atoms with Crippen molar-refractivity contribution < 1.29 is 19.0 Å². The largest absolute Gasteiger partial charge is 0.463 e. The molecule has 8 nitrogen and oxygen atoms in total. The van der Waals surface area contributed by atoms with Gasteiger partial charge in [-0.15, -0.1) is 5.10 Å². The van der Waals surface area contributed by atoms with Crippen LogP contribution in [0.15, 0.2) is 66.7 Å². The molecule has 2 heterocycles. The number of ether oxygens (including phenoxy) is 3. The third-order valence-corrected chi connectivity index (χ3v) is 6.40. The van der Waals surface area contributed by atoms with E-state index in [1.807, 2.05) is 73.7 Å². The molecule has 0 unspecified atom stereocenters. The summed E-state index contributed by atoms with van der Waals surface area (Å²) in [4.78, 5) is 17.4. The number of carbonyl (C=O) groups is 1. The SMILES string of the molecule is CCCCCCc1ccc(C(=O)Nc2ccc(-n3nc(OCC)nc3-c3ccc4c(c3)OCO4)cc2)cc1. The number of unbranched alkanes of at least 4 members (excludes halogenated alkanes) is 3. The third kappa shape index (κ3) is 5.80. The van der Waals surface area contributed by atoms with Gasteiger partial charge in [0.1, 0.15) is 0 Å². The van der Waals surface area contributed by atoms with E-state index in [4.69, 9.17) is 14.2 Å². The van der Waals surface area contributed by atoms with Gasteiger partial charge in [-0.3, -0.25) is 4.79 Å². The van der Waals surface area contributed by atoms with Crippen molar-refractivity contribution in [1.82, 2.24) is 14.8 Å². The summed E-state index contributed by atoms with van der Waals surface area (Å²) in [5, 5.41) is 7.52. The fourth-order valence-electron chi connectivity index (χ4n) is 4.35. The highest BCUT2D eigenvalue weighted by Gasteiger charge is 2.19. The van der Waals surface area contributed by atoms with Gasteiger partial charge in [0.15, 0.2) is 17.3 Å². The van der Waals surface area contributed by atoms with Crippen LogP contribution in [-0.4, -0.2) is 34.1 Å². The van der Waals surface area contributed by atoms with Crippen molar-refractivity contribution in [1.29, 1.82) is 0 Å². The molecule has 0 fully saturated rings. The molecule has 1 aliphatic heterocycles. The molecule has 5 rings (SSSR count). The van der Waals surface area contributed by atoms with Crippen molar-refractivity contribution in [3.63, 3.8) is 0 Å². The molecular formula is C30H32N4O4. The molecular weight excluding hydrogens is 480 g/mol. The Morgan fingerprint density at radius 1 is 0.947 bits per heavy atom. The van der Waals surface area contributed by atoms with Gasteiger partial charge in [-0.1, -0.05) is 38.3 Å². The van der Waals surface area contributed by atoms with Crippen LogP contribution in [0, 0.1) is 0 Å². The average molecular weight is 513 g/mol. The van der Waals surface area contributed by atoms with E-state index in [0.29, 0.717) is 35.2 Å². The van der Waals surface area contributed by atoms with Crippen molar-refractivity contribution in [2.75, 3.05) is 18.7 Å². The lowest BCUT2D eigenvalue weighted by Crippen LogP contribution is -2.12. The van der Waals surface area contributed by atoms with Crippen LogP contribution in [0.5, 0.6) is 17.5 Å². The third-order valence-electron chi connectivity index (χ3n) is 6.40. The van der Waals surface area contributed by atoms with E-state index in [1.54, 1.807) is 4.68 Å². The molecule has 196 valence electrons. The summed E-state index contributed by atoms with van der Waals surface area (Å²) < 4.78 is 18.2. The number of rotatable bonds is 11. The van der Waals surface area contributed by atoms with Gasteiger partial charge in [0.2, 0.25) is 6.79 Å². The van der Waals surface area contributed by atoms with Gasteiger partial charge in [-0.2, -0.15) is 4.98 Å². The molecule has 0 aliphatic carbocycles. The predicted octanol–water partition coefficient (Wildman–Crippen LogP) is 6.44. The van der Waals surface area contributed by atoms with Gasteiger partial charge in [0, 0.05) is 16.8 Å². The maximum Gasteiger partial charge on any atom is 0.336 e. The monoisotopic (exact) mass is 512 g/mol. The highest BCUT2D eigenvalue weighted by atomic mass is 16.7. The fourth-order valence-corrected chi connectivity index (χ4v) is 4.35. The summed E-state index contributed by atoms with van der Waals surface area (Å²) >= 11 is 0. The summed E-state index contributed by atoms with van der Waals surface area (Å²) in [5.41, 5.74) is 4.19. The first-order valence-corrected chi connectivity index (χ1v) is 13.1. The van der Waals surface area contributed by atoms with Gasteiger partial charge in [0.05, 0.1) is 12.3 Å². The number of fused-ring (bicyclic) bond motifs is 1. The number of hydrogen-bond donors (Lipinski definition) is 1. The van der Waals surface area contributed by atoms with Crippen molar-refractivity contribution >= 4 is 11.6 Å². The molecule has 0 atom stereocenters. The van der Waals surface area contributed by atoms with Crippen molar-refractivity contribution in [3.05, 3.63) is 77.9 Å². The molecule has 0 saturated heterocycles. The van der Waals surface area contributed by atoms with Gasteiger partial charge < -0.3 is 19.5 Å². The Balaban J connectivity index is 1.29. The lowest BCUT2D eigenvalue weighted by atomic mass is 10.0. The van der Waals surface area contributed by atoms with Crippen LogP contribution < -0.4 is 19.5 Å².